The van der Waals surface area contributed by atoms with E-state index < -0.39 is 17.8 Å². The van der Waals surface area contributed by atoms with Gasteiger partial charge in [0.2, 0.25) is 5.91 Å². The molecule has 5 nitrogen and oxygen atoms in total. The molecule has 0 radical (unpaired) electrons. The fourth-order valence-corrected chi connectivity index (χ4v) is 3.09. The van der Waals surface area contributed by atoms with Gasteiger partial charge in [-0.2, -0.15) is 18.3 Å². The van der Waals surface area contributed by atoms with Gasteiger partial charge in [0.15, 0.2) is 10.8 Å². The Bertz CT molecular complexity index is 889. The summed E-state index contributed by atoms with van der Waals surface area (Å²) in [6.45, 7) is -0.325. The van der Waals surface area contributed by atoms with Crippen LogP contribution in [-0.2, 0) is 17.5 Å². The van der Waals surface area contributed by atoms with E-state index in [1.807, 2.05) is 24.3 Å². The van der Waals surface area contributed by atoms with E-state index in [0.717, 1.165) is 31.8 Å². The summed E-state index contributed by atoms with van der Waals surface area (Å²) in [5, 5.41) is 8.08. The first-order valence-electron chi connectivity index (χ1n) is 6.93. The van der Waals surface area contributed by atoms with Crippen molar-refractivity contribution in [3.05, 3.63) is 51.2 Å². The number of carbonyl (C=O) groups is 1. The van der Waals surface area contributed by atoms with Crippen molar-refractivity contribution in [3.8, 4) is 11.3 Å². The van der Waals surface area contributed by atoms with Gasteiger partial charge in [-0.1, -0.05) is 12.1 Å². The smallest absolute Gasteiger partial charge is 0.300 e. The number of alkyl halides is 3. The van der Waals surface area contributed by atoms with Crippen LogP contribution in [0.25, 0.3) is 11.3 Å². The summed E-state index contributed by atoms with van der Waals surface area (Å²) >= 11 is 3.44. The Balaban J connectivity index is 1.64. The third-order valence-corrected chi connectivity index (χ3v) is 4.60. The van der Waals surface area contributed by atoms with Crippen molar-refractivity contribution >= 4 is 45.0 Å². The number of nitrogens with zero attached hydrogens (tertiary/aromatic N) is 3. The Hall–Kier alpha value is -1.95. The van der Waals surface area contributed by atoms with Gasteiger partial charge >= 0.3 is 6.18 Å². The highest BCUT2D eigenvalue weighted by molar-refractivity contribution is 14.1. The second-order valence-corrected chi connectivity index (χ2v) is 7.09. The summed E-state index contributed by atoms with van der Waals surface area (Å²) in [7, 11) is 0. The monoisotopic (exact) mass is 478 g/mol. The van der Waals surface area contributed by atoms with E-state index in [0.29, 0.717) is 5.13 Å². The Labute approximate surface area is 158 Å². The first kappa shape index (κ1) is 17.9. The SMILES string of the molecule is O=C(Cn1ccc(C(F)(F)F)n1)Nc1nc(-c2ccc(I)cc2)cs1. The van der Waals surface area contributed by atoms with Crippen LogP contribution in [0.5, 0.6) is 0 Å². The number of amides is 1. The molecule has 3 aromatic rings. The third kappa shape index (κ3) is 4.57. The Morgan fingerprint density at radius 3 is 2.60 bits per heavy atom. The Morgan fingerprint density at radius 2 is 1.96 bits per heavy atom. The molecule has 1 N–H and O–H groups in total. The molecule has 0 aliphatic heterocycles. The largest absolute Gasteiger partial charge is 0.435 e. The molecule has 0 unspecified atom stereocenters. The van der Waals surface area contributed by atoms with Gasteiger partial charge in [-0.05, 0) is 40.8 Å². The fourth-order valence-electron chi connectivity index (χ4n) is 1.99. The van der Waals surface area contributed by atoms with Crippen molar-refractivity contribution < 1.29 is 18.0 Å². The summed E-state index contributed by atoms with van der Waals surface area (Å²) in [4.78, 5) is 16.3. The summed E-state index contributed by atoms with van der Waals surface area (Å²) in [6, 6.07) is 8.56. The number of hydrogen-bond acceptors (Lipinski definition) is 4. The van der Waals surface area contributed by atoms with Gasteiger partial charge in [0.1, 0.15) is 6.54 Å². The maximum atomic E-state index is 12.5. The van der Waals surface area contributed by atoms with Crippen molar-refractivity contribution in [2.45, 2.75) is 12.7 Å². The molecular weight excluding hydrogens is 468 g/mol. The van der Waals surface area contributed by atoms with Crippen LogP contribution in [0, 0.1) is 3.57 Å². The second kappa shape index (κ2) is 7.12. The van der Waals surface area contributed by atoms with Crippen LogP contribution in [0.2, 0.25) is 0 Å². The molecule has 0 spiro atoms. The molecule has 2 aromatic heterocycles. The molecule has 0 atom stereocenters. The molecule has 25 heavy (non-hydrogen) atoms. The normalized spacial score (nSPS) is 11.5. The molecule has 1 amide bonds. The molecule has 0 saturated carbocycles. The van der Waals surface area contributed by atoms with E-state index in [-0.39, 0.29) is 6.54 Å². The number of rotatable bonds is 4. The highest BCUT2D eigenvalue weighted by Gasteiger charge is 2.33. The molecule has 0 saturated heterocycles. The first-order valence-corrected chi connectivity index (χ1v) is 8.89. The van der Waals surface area contributed by atoms with Crippen molar-refractivity contribution in [3.63, 3.8) is 0 Å². The van der Waals surface area contributed by atoms with Crippen LogP contribution in [0.15, 0.2) is 41.9 Å². The van der Waals surface area contributed by atoms with Crippen molar-refractivity contribution in [2.24, 2.45) is 0 Å². The molecule has 3 rings (SSSR count). The van der Waals surface area contributed by atoms with Gasteiger partial charge in [-0.25, -0.2) is 4.98 Å². The lowest BCUT2D eigenvalue weighted by molar-refractivity contribution is -0.141. The fraction of sp³-hybridized carbons (Fsp3) is 0.133. The number of thiazole rings is 1. The zero-order valence-corrected chi connectivity index (χ0v) is 15.4. The zero-order chi connectivity index (χ0) is 18.0. The average Bonchev–Trinajstić information content (AvgIpc) is 3.17. The highest BCUT2D eigenvalue weighted by atomic mass is 127. The molecule has 1 aromatic carbocycles. The lowest BCUT2D eigenvalue weighted by Crippen LogP contribution is -2.19. The molecule has 0 bridgehead atoms. The molecule has 0 aliphatic carbocycles. The van der Waals surface area contributed by atoms with Gasteiger partial charge < -0.3 is 5.32 Å². The molecular formula is C15H10F3IN4OS. The van der Waals surface area contributed by atoms with E-state index in [1.165, 1.54) is 11.3 Å². The van der Waals surface area contributed by atoms with E-state index in [2.05, 4.69) is 38.0 Å². The quantitative estimate of drug-likeness (QED) is 0.571. The van der Waals surface area contributed by atoms with E-state index in [1.54, 1.807) is 5.38 Å². The van der Waals surface area contributed by atoms with Gasteiger partial charge in [-0.15, -0.1) is 11.3 Å². The first-order chi connectivity index (χ1) is 11.8. The van der Waals surface area contributed by atoms with Crippen molar-refractivity contribution in [1.29, 1.82) is 0 Å². The third-order valence-electron chi connectivity index (χ3n) is 3.13. The molecule has 0 aliphatic rings. The zero-order valence-electron chi connectivity index (χ0n) is 12.4. The number of carbonyl (C=O) groups excluding carboxylic acids is 1. The van der Waals surface area contributed by atoms with Gasteiger partial charge in [0.25, 0.3) is 0 Å². The second-order valence-electron chi connectivity index (χ2n) is 4.99. The molecule has 10 heteroatoms. The summed E-state index contributed by atoms with van der Waals surface area (Å²) in [5.74, 6) is -0.500. The van der Waals surface area contributed by atoms with Crippen LogP contribution in [-0.4, -0.2) is 20.7 Å². The summed E-state index contributed by atoms with van der Waals surface area (Å²) in [5.41, 5.74) is 0.602. The lowest BCUT2D eigenvalue weighted by atomic mass is 10.2. The number of anilines is 1. The number of halogens is 4. The molecule has 130 valence electrons. The van der Waals surface area contributed by atoms with Crippen molar-refractivity contribution in [2.75, 3.05) is 5.32 Å². The van der Waals surface area contributed by atoms with E-state index in [4.69, 9.17) is 0 Å². The van der Waals surface area contributed by atoms with Crippen LogP contribution < -0.4 is 5.32 Å². The number of aromatic nitrogens is 3. The minimum atomic E-state index is -4.53. The van der Waals surface area contributed by atoms with Crippen LogP contribution in [0.3, 0.4) is 0 Å². The van der Waals surface area contributed by atoms with Crippen molar-refractivity contribution in [1.82, 2.24) is 14.8 Å². The molecule has 0 fully saturated rings. The van der Waals surface area contributed by atoms with E-state index >= 15 is 0 Å². The number of hydrogen-bond donors (Lipinski definition) is 1. The Kier molecular flexibility index (Phi) is 5.08. The number of nitrogens with one attached hydrogen (secondary N) is 1. The minimum absolute atomic E-state index is 0.325. The predicted octanol–water partition coefficient (Wildman–Crippen LogP) is 4.27. The van der Waals surface area contributed by atoms with Gasteiger partial charge in [0, 0.05) is 20.7 Å². The molecule has 2 heterocycles. The Morgan fingerprint density at radius 1 is 1.24 bits per heavy atom. The maximum absolute atomic E-state index is 12.5. The highest BCUT2D eigenvalue weighted by Crippen LogP contribution is 2.27. The standard InChI is InChI=1S/C15H10F3IN4OS/c16-15(17,18)12-5-6-23(22-12)7-13(24)21-14-20-11(8-25-14)9-1-3-10(19)4-2-9/h1-6,8H,7H2,(H,20,21,24). The maximum Gasteiger partial charge on any atom is 0.435 e. The van der Waals surface area contributed by atoms with Crippen LogP contribution in [0.4, 0.5) is 18.3 Å². The minimum Gasteiger partial charge on any atom is -0.300 e. The topological polar surface area (TPSA) is 59.8 Å². The van der Waals surface area contributed by atoms with E-state index in [9.17, 15) is 18.0 Å². The van der Waals surface area contributed by atoms with Crippen LogP contribution in [0.1, 0.15) is 5.69 Å². The predicted molar refractivity (Wildman–Crippen MR) is 96.1 cm³/mol. The van der Waals surface area contributed by atoms with Gasteiger partial charge in [-0.3, -0.25) is 9.48 Å². The number of benzene rings is 1. The summed E-state index contributed by atoms with van der Waals surface area (Å²) in [6.07, 6.45) is -3.42. The average molecular weight is 478 g/mol. The summed E-state index contributed by atoms with van der Waals surface area (Å²) < 4.78 is 39.5. The van der Waals surface area contributed by atoms with Gasteiger partial charge in [0.05, 0.1) is 5.69 Å². The van der Waals surface area contributed by atoms with Crippen LogP contribution >= 0.6 is 33.9 Å². The lowest BCUT2D eigenvalue weighted by Gasteiger charge is -2.03.